The van der Waals surface area contributed by atoms with Gasteiger partial charge in [-0.25, -0.2) is 9.79 Å². The highest BCUT2D eigenvalue weighted by Gasteiger charge is 2.24. The summed E-state index contributed by atoms with van der Waals surface area (Å²) in [5, 5.41) is 0.496. The van der Waals surface area contributed by atoms with E-state index < -0.39 is 11.9 Å². The standard InChI is InChI=1S/C18H28N2O3S/c1-4-6-7-8-9-10-12-23-18(22)14-13(3)15(16(19)21)24-17(14)20-11-5-2/h11H,4-10,12H2,1-3H3,(H2,19,21)/b20-11+. The lowest BCUT2D eigenvalue weighted by Gasteiger charge is -2.06. The van der Waals surface area contributed by atoms with Gasteiger partial charge in [0.1, 0.15) is 10.6 Å². The van der Waals surface area contributed by atoms with Gasteiger partial charge in [-0.05, 0) is 25.3 Å². The minimum Gasteiger partial charge on any atom is -0.462 e. The third-order valence-corrected chi connectivity index (χ3v) is 4.89. The number of esters is 1. The number of nitrogens with two attached hydrogens (primary N) is 1. The summed E-state index contributed by atoms with van der Waals surface area (Å²) in [6, 6.07) is 0. The molecule has 0 saturated carbocycles. The van der Waals surface area contributed by atoms with Gasteiger partial charge in [-0.2, -0.15) is 0 Å². The third-order valence-electron chi connectivity index (χ3n) is 3.68. The zero-order valence-corrected chi connectivity index (χ0v) is 15.7. The normalized spacial score (nSPS) is 11.1. The molecule has 6 heteroatoms. The second kappa shape index (κ2) is 11.0. The lowest BCUT2D eigenvalue weighted by atomic mass is 10.1. The number of primary amides is 1. The van der Waals surface area contributed by atoms with Crippen LogP contribution in [0.4, 0.5) is 5.00 Å². The van der Waals surface area contributed by atoms with Gasteiger partial charge >= 0.3 is 5.97 Å². The molecular weight excluding hydrogens is 324 g/mol. The van der Waals surface area contributed by atoms with E-state index in [4.69, 9.17) is 10.5 Å². The monoisotopic (exact) mass is 352 g/mol. The fourth-order valence-corrected chi connectivity index (χ4v) is 3.37. The first-order valence-electron chi connectivity index (χ1n) is 8.65. The van der Waals surface area contributed by atoms with Crippen molar-refractivity contribution in [2.75, 3.05) is 6.61 Å². The second-order valence-corrected chi connectivity index (χ2v) is 6.72. The summed E-state index contributed by atoms with van der Waals surface area (Å²) >= 11 is 1.14. The van der Waals surface area contributed by atoms with Gasteiger partial charge in [0.15, 0.2) is 0 Å². The Labute approximate surface area is 148 Å². The number of carbonyl (C=O) groups excluding carboxylic acids is 2. The number of unbranched alkanes of at least 4 members (excludes halogenated alkanes) is 5. The number of aliphatic imine (C=N–C) groups is 1. The van der Waals surface area contributed by atoms with Crippen LogP contribution in [0.2, 0.25) is 0 Å². The molecule has 0 saturated heterocycles. The molecule has 0 aromatic carbocycles. The Balaban J connectivity index is 2.68. The minimum atomic E-state index is -0.541. The number of carbonyl (C=O) groups is 2. The van der Waals surface area contributed by atoms with Crippen LogP contribution in [0, 0.1) is 6.92 Å². The van der Waals surface area contributed by atoms with E-state index in [9.17, 15) is 9.59 Å². The van der Waals surface area contributed by atoms with Crippen molar-refractivity contribution in [2.45, 2.75) is 65.7 Å². The molecule has 1 rings (SSSR count). The molecule has 0 unspecified atom stereocenters. The number of hydrogen-bond donors (Lipinski definition) is 1. The highest BCUT2D eigenvalue weighted by Crippen LogP contribution is 2.35. The van der Waals surface area contributed by atoms with Gasteiger partial charge in [-0.15, -0.1) is 11.3 Å². The fraction of sp³-hybridized carbons (Fsp3) is 0.611. The molecule has 0 radical (unpaired) electrons. The van der Waals surface area contributed by atoms with E-state index in [-0.39, 0.29) is 0 Å². The zero-order valence-electron chi connectivity index (χ0n) is 14.9. The highest BCUT2D eigenvalue weighted by atomic mass is 32.1. The molecule has 0 atom stereocenters. The topological polar surface area (TPSA) is 81.8 Å². The molecule has 1 amide bonds. The summed E-state index contributed by atoms with van der Waals surface area (Å²) < 4.78 is 5.37. The van der Waals surface area contributed by atoms with Crippen molar-refractivity contribution in [1.29, 1.82) is 0 Å². The maximum absolute atomic E-state index is 12.4. The highest BCUT2D eigenvalue weighted by molar-refractivity contribution is 7.18. The van der Waals surface area contributed by atoms with Gasteiger partial charge in [0.25, 0.3) is 5.91 Å². The molecule has 0 aliphatic carbocycles. The summed E-state index contributed by atoms with van der Waals surface area (Å²) in [6.07, 6.45) is 9.23. The van der Waals surface area contributed by atoms with Crippen LogP contribution in [0.1, 0.15) is 84.4 Å². The second-order valence-electron chi connectivity index (χ2n) is 5.72. The predicted octanol–water partition coefficient (Wildman–Crippen LogP) is 4.79. The molecule has 24 heavy (non-hydrogen) atoms. The van der Waals surface area contributed by atoms with Crippen LogP contribution in [-0.4, -0.2) is 24.7 Å². The van der Waals surface area contributed by atoms with Gasteiger partial charge in [-0.1, -0.05) is 46.0 Å². The minimum absolute atomic E-state index is 0.365. The Morgan fingerprint density at radius 2 is 1.83 bits per heavy atom. The maximum Gasteiger partial charge on any atom is 0.341 e. The molecule has 0 aliphatic heterocycles. The quantitative estimate of drug-likeness (QED) is 0.353. The van der Waals surface area contributed by atoms with Crippen LogP contribution >= 0.6 is 11.3 Å². The summed E-state index contributed by atoms with van der Waals surface area (Å²) in [5.41, 5.74) is 6.30. The van der Waals surface area contributed by atoms with Crippen LogP contribution in [0.5, 0.6) is 0 Å². The molecule has 0 fully saturated rings. The van der Waals surface area contributed by atoms with E-state index in [1.54, 1.807) is 13.1 Å². The molecule has 134 valence electrons. The summed E-state index contributed by atoms with van der Waals surface area (Å²) in [4.78, 5) is 28.5. The van der Waals surface area contributed by atoms with E-state index in [2.05, 4.69) is 11.9 Å². The van der Waals surface area contributed by atoms with E-state index in [1.807, 2.05) is 6.92 Å². The molecule has 1 heterocycles. The van der Waals surface area contributed by atoms with E-state index in [1.165, 1.54) is 25.7 Å². The number of thiophene rings is 1. The Morgan fingerprint density at radius 1 is 1.17 bits per heavy atom. The van der Waals surface area contributed by atoms with Crippen LogP contribution < -0.4 is 5.73 Å². The van der Waals surface area contributed by atoms with Crippen molar-refractivity contribution in [3.8, 4) is 0 Å². The van der Waals surface area contributed by atoms with E-state index in [0.717, 1.165) is 30.6 Å². The lowest BCUT2D eigenvalue weighted by Crippen LogP contribution is -2.12. The van der Waals surface area contributed by atoms with Gasteiger partial charge in [-0.3, -0.25) is 4.79 Å². The lowest BCUT2D eigenvalue weighted by molar-refractivity contribution is 0.0498. The Morgan fingerprint density at radius 3 is 2.46 bits per heavy atom. The summed E-state index contributed by atoms with van der Waals surface area (Å²) in [7, 11) is 0. The molecule has 1 aromatic rings. The van der Waals surface area contributed by atoms with Crippen LogP contribution in [0.3, 0.4) is 0 Å². The molecule has 1 aromatic heterocycles. The number of amides is 1. The van der Waals surface area contributed by atoms with Crippen molar-refractivity contribution in [3.63, 3.8) is 0 Å². The van der Waals surface area contributed by atoms with Crippen molar-refractivity contribution in [3.05, 3.63) is 16.0 Å². The fourth-order valence-electron chi connectivity index (χ4n) is 2.36. The largest absolute Gasteiger partial charge is 0.462 e. The van der Waals surface area contributed by atoms with E-state index in [0.29, 0.717) is 27.6 Å². The van der Waals surface area contributed by atoms with Crippen molar-refractivity contribution in [1.82, 2.24) is 0 Å². The smallest absolute Gasteiger partial charge is 0.341 e. The van der Waals surface area contributed by atoms with Gasteiger partial charge in [0.05, 0.1) is 11.5 Å². The van der Waals surface area contributed by atoms with Crippen LogP contribution in [0.15, 0.2) is 4.99 Å². The number of hydrogen-bond acceptors (Lipinski definition) is 5. The number of ether oxygens (including phenoxy) is 1. The van der Waals surface area contributed by atoms with Crippen molar-refractivity contribution in [2.24, 2.45) is 10.7 Å². The van der Waals surface area contributed by atoms with Crippen molar-refractivity contribution >= 4 is 34.4 Å². The van der Waals surface area contributed by atoms with Gasteiger partial charge in [0, 0.05) is 6.21 Å². The average Bonchev–Trinajstić information content (AvgIpc) is 2.88. The van der Waals surface area contributed by atoms with Crippen molar-refractivity contribution < 1.29 is 14.3 Å². The predicted molar refractivity (Wildman–Crippen MR) is 99.7 cm³/mol. The summed E-state index contributed by atoms with van der Waals surface area (Å²) in [5.74, 6) is -0.964. The number of rotatable bonds is 11. The molecular formula is C18H28N2O3S. The van der Waals surface area contributed by atoms with Crippen LogP contribution in [0.25, 0.3) is 0 Å². The summed E-state index contributed by atoms with van der Waals surface area (Å²) in [6.45, 7) is 6.24. The first kappa shape index (κ1) is 20.4. The maximum atomic E-state index is 12.4. The zero-order chi connectivity index (χ0) is 17.9. The first-order valence-corrected chi connectivity index (χ1v) is 9.47. The third kappa shape index (κ3) is 6.07. The van der Waals surface area contributed by atoms with Gasteiger partial charge < -0.3 is 10.5 Å². The number of nitrogens with zero attached hydrogens (tertiary/aromatic N) is 1. The van der Waals surface area contributed by atoms with Gasteiger partial charge in [0.2, 0.25) is 0 Å². The molecule has 2 N–H and O–H groups in total. The SMILES string of the molecule is CC/C=N/c1sc(C(N)=O)c(C)c1C(=O)OCCCCCCCC. The molecule has 0 spiro atoms. The molecule has 0 aliphatic rings. The molecule has 5 nitrogen and oxygen atoms in total. The Bertz CT molecular complexity index is 579. The molecule has 0 bridgehead atoms. The van der Waals surface area contributed by atoms with E-state index >= 15 is 0 Å². The Kier molecular flexibility index (Phi) is 9.30. The Hall–Kier alpha value is -1.69. The average molecular weight is 353 g/mol. The first-order chi connectivity index (χ1) is 11.5. The van der Waals surface area contributed by atoms with Crippen LogP contribution in [-0.2, 0) is 4.74 Å².